The maximum Gasteiger partial charge on any atom is 0.324 e. The molecule has 1 saturated heterocycles. The summed E-state index contributed by atoms with van der Waals surface area (Å²) in [6.07, 6.45) is 2.19. The predicted molar refractivity (Wildman–Crippen MR) is 77.0 cm³/mol. The highest BCUT2D eigenvalue weighted by Crippen LogP contribution is 2.17. The van der Waals surface area contributed by atoms with Crippen molar-refractivity contribution in [3.05, 3.63) is 0 Å². The minimum absolute atomic E-state index is 0.0981. The van der Waals surface area contributed by atoms with E-state index in [9.17, 15) is 18.0 Å². The average molecular weight is 304 g/mol. The van der Waals surface area contributed by atoms with Crippen LogP contribution in [0.15, 0.2) is 0 Å². The molecule has 7 heteroatoms. The number of carbonyl (C=O) groups is 2. The van der Waals surface area contributed by atoms with Crippen LogP contribution in [0.1, 0.15) is 33.6 Å². The van der Waals surface area contributed by atoms with Gasteiger partial charge in [-0.15, -0.1) is 0 Å². The fourth-order valence-electron chi connectivity index (χ4n) is 2.47. The van der Waals surface area contributed by atoms with Crippen molar-refractivity contribution in [3.8, 4) is 0 Å². The lowest BCUT2D eigenvalue weighted by molar-refractivity contribution is -0.127. The van der Waals surface area contributed by atoms with Crippen molar-refractivity contribution in [2.24, 2.45) is 11.8 Å². The van der Waals surface area contributed by atoms with E-state index in [1.165, 1.54) is 4.90 Å². The summed E-state index contributed by atoms with van der Waals surface area (Å²) in [6.45, 7) is 6.58. The van der Waals surface area contributed by atoms with E-state index in [1.54, 1.807) is 0 Å². The van der Waals surface area contributed by atoms with Gasteiger partial charge in [-0.25, -0.2) is 13.2 Å². The van der Waals surface area contributed by atoms with Crippen LogP contribution in [0.4, 0.5) is 4.79 Å². The Morgan fingerprint density at radius 3 is 2.35 bits per heavy atom. The van der Waals surface area contributed by atoms with Gasteiger partial charge in [0.25, 0.3) is 5.91 Å². The van der Waals surface area contributed by atoms with Crippen molar-refractivity contribution in [2.45, 2.75) is 39.7 Å². The van der Waals surface area contributed by atoms with Crippen molar-refractivity contribution in [3.63, 3.8) is 0 Å². The number of amides is 3. The molecule has 6 nitrogen and oxygen atoms in total. The molecular weight excluding hydrogens is 280 g/mol. The minimum Gasteiger partial charge on any atom is -0.326 e. The van der Waals surface area contributed by atoms with Crippen molar-refractivity contribution in [2.75, 3.05) is 18.6 Å². The van der Waals surface area contributed by atoms with Gasteiger partial charge in [0.1, 0.15) is 15.9 Å². The predicted octanol–water partition coefficient (Wildman–Crippen LogP) is 1.02. The maximum atomic E-state index is 12.1. The smallest absolute Gasteiger partial charge is 0.324 e. The lowest BCUT2D eigenvalue weighted by Crippen LogP contribution is -2.35. The number of hydrogen-bond donors (Lipinski definition) is 1. The molecule has 1 fully saturated rings. The number of sulfone groups is 1. The van der Waals surface area contributed by atoms with E-state index < -0.39 is 21.9 Å². The number of carbonyl (C=O) groups excluding carboxylic acids is 2. The Morgan fingerprint density at radius 1 is 1.25 bits per heavy atom. The monoisotopic (exact) mass is 304 g/mol. The summed E-state index contributed by atoms with van der Waals surface area (Å²) >= 11 is 0. The zero-order valence-corrected chi connectivity index (χ0v) is 13.4. The third-order valence-corrected chi connectivity index (χ3v) is 4.23. The van der Waals surface area contributed by atoms with Crippen molar-refractivity contribution in [1.82, 2.24) is 10.2 Å². The summed E-state index contributed by atoms with van der Waals surface area (Å²) in [5.74, 6) is 0.332. The van der Waals surface area contributed by atoms with Gasteiger partial charge in [0.15, 0.2) is 0 Å². The SMILES string of the molecule is CC(C)C[C@@H](C)CN1C(=O)N[C@H](CCS(C)(=O)=O)C1=O. The molecule has 0 bridgehead atoms. The standard InChI is InChI=1S/C13H24N2O4S/c1-9(2)7-10(3)8-15-12(16)11(14-13(15)17)5-6-20(4,18)19/h9-11H,5-8H2,1-4H3,(H,14,17)/t10-,11-/m1/s1. The van der Waals surface area contributed by atoms with Gasteiger partial charge in [-0.2, -0.15) is 0 Å². The van der Waals surface area contributed by atoms with Crippen LogP contribution in [0.2, 0.25) is 0 Å². The largest absolute Gasteiger partial charge is 0.326 e. The molecule has 20 heavy (non-hydrogen) atoms. The Morgan fingerprint density at radius 2 is 1.85 bits per heavy atom. The van der Waals surface area contributed by atoms with Crippen LogP contribution in [0.25, 0.3) is 0 Å². The third-order valence-electron chi connectivity index (χ3n) is 3.25. The molecular formula is C13H24N2O4S. The fraction of sp³-hybridized carbons (Fsp3) is 0.846. The van der Waals surface area contributed by atoms with E-state index in [-0.39, 0.29) is 24.0 Å². The van der Waals surface area contributed by atoms with Gasteiger partial charge in [0.2, 0.25) is 0 Å². The van der Waals surface area contributed by atoms with E-state index in [0.29, 0.717) is 12.5 Å². The summed E-state index contributed by atoms with van der Waals surface area (Å²) in [4.78, 5) is 25.1. The Hall–Kier alpha value is -1.11. The molecule has 0 spiro atoms. The van der Waals surface area contributed by atoms with Crippen LogP contribution in [0, 0.1) is 11.8 Å². The molecule has 0 unspecified atom stereocenters. The molecule has 1 rings (SSSR count). The Bertz CT molecular complexity index is 473. The highest BCUT2D eigenvalue weighted by Gasteiger charge is 2.38. The van der Waals surface area contributed by atoms with E-state index in [4.69, 9.17) is 0 Å². The van der Waals surface area contributed by atoms with Gasteiger partial charge in [-0.1, -0.05) is 20.8 Å². The molecule has 1 aliphatic heterocycles. The van der Waals surface area contributed by atoms with Gasteiger partial charge >= 0.3 is 6.03 Å². The third kappa shape index (κ3) is 5.11. The van der Waals surface area contributed by atoms with Crippen molar-refractivity contribution < 1.29 is 18.0 Å². The van der Waals surface area contributed by atoms with Crippen LogP contribution in [0.5, 0.6) is 0 Å². The number of imide groups is 1. The molecule has 0 aromatic carbocycles. The molecule has 2 atom stereocenters. The Labute approximate surface area is 120 Å². The molecule has 1 N–H and O–H groups in total. The first-order chi connectivity index (χ1) is 9.10. The molecule has 116 valence electrons. The highest BCUT2D eigenvalue weighted by atomic mass is 32.2. The van der Waals surface area contributed by atoms with Crippen LogP contribution in [-0.4, -0.2) is 49.9 Å². The van der Waals surface area contributed by atoms with Crippen LogP contribution in [-0.2, 0) is 14.6 Å². The number of hydrogen-bond acceptors (Lipinski definition) is 4. The van der Waals surface area contributed by atoms with Gasteiger partial charge in [-0.05, 0) is 24.7 Å². The first-order valence-electron chi connectivity index (χ1n) is 6.89. The summed E-state index contributed by atoms with van der Waals surface area (Å²) in [7, 11) is -3.13. The van der Waals surface area contributed by atoms with Crippen molar-refractivity contribution >= 4 is 21.8 Å². The van der Waals surface area contributed by atoms with Crippen LogP contribution in [0.3, 0.4) is 0 Å². The molecule has 1 aliphatic rings. The second-order valence-electron chi connectivity index (χ2n) is 6.10. The molecule has 0 saturated carbocycles. The zero-order valence-electron chi connectivity index (χ0n) is 12.5. The first-order valence-corrected chi connectivity index (χ1v) is 8.95. The first kappa shape index (κ1) is 16.9. The van der Waals surface area contributed by atoms with Gasteiger partial charge in [0, 0.05) is 12.8 Å². The molecule has 0 radical (unpaired) electrons. The quantitative estimate of drug-likeness (QED) is 0.712. The second kappa shape index (κ2) is 6.56. The Kier molecular flexibility index (Phi) is 5.56. The highest BCUT2D eigenvalue weighted by molar-refractivity contribution is 7.90. The van der Waals surface area contributed by atoms with E-state index in [1.807, 2.05) is 6.92 Å². The average Bonchev–Trinajstić information content (AvgIpc) is 2.52. The molecule has 0 aliphatic carbocycles. The number of urea groups is 1. The molecule has 1 heterocycles. The molecule has 0 aromatic heterocycles. The Balaban J connectivity index is 2.58. The van der Waals surface area contributed by atoms with Crippen LogP contribution >= 0.6 is 0 Å². The van der Waals surface area contributed by atoms with Gasteiger partial charge in [0.05, 0.1) is 5.75 Å². The lowest BCUT2D eigenvalue weighted by atomic mass is 9.98. The zero-order chi connectivity index (χ0) is 15.5. The maximum absolute atomic E-state index is 12.1. The number of nitrogens with zero attached hydrogens (tertiary/aromatic N) is 1. The van der Waals surface area contributed by atoms with Gasteiger partial charge in [-0.3, -0.25) is 9.69 Å². The summed E-state index contributed by atoms with van der Waals surface area (Å²) in [6, 6.07) is -1.12. The van der Waals surface area contributed by atoms with E-state index in [2.05, 4.69) is 19.2 Å². The molecule has 0 aromatic rings. The number of nitrogens with one attached hydrogen (secondary N) is 1. The van der Waals surface area contributed by atoms with Gasteiger partial charge < -0.3 is 5.32 Å². The lowest BCUT2D eigenvalue weighted by Gasteiger charge is -2.19. The minimum atomic E-state index is -3.13. The van der Waals surface area contributed by atoms with Crippen molar-refractivity contribution in [1.29, 1.82) is 0 Å². The summed E-state index contributed by atoms with van der Waals surface area (Å²) < 4.78 is 22.2. The fourth-order valence-corrected chi connectivity index (χ4v) is 3.13. The topological polar surface area (TPSA) is 83.6 Å². The van der Waals surface area contributed by atoms with E-state index in [0.717, 1.165) is 12.7 Å². The van der Waals surface area contributed by atoms with Crippen LogP contribution < -0.4 is 5.32 Å². The van der Waals surface area contributed by atoms with E-state index >= 15 is 0 Å². The second-order valence-corrected chi connectivity index (χ2v) is 8.36. The summed E-state index contributed by atoms with van der Waals surface area (Å²) in [5, 5.41) is 2.56. The number of rotatable bonds is 7. The summed E-state index contributed by atoms with van der Waals surface area (Å²) in [5.41, 5.74) is 0. The molecule has 3 amide bonds. The normalized spacial score (nSPS) is 21.4.